The van der Waals surface area contributed by atoms with E-state index in [4.69, 9.17) is 9.84 Å². The van der Waals surface area contributed by atoms with Crippen LogP contribution in [-0.2, 0) is 11.2 Å². The Bertz CT molecular complexity index is 555. The number of carbonyl (C=O) groups excluding carboxylic acids is 1. The molecular weight excluding hydrogens is 258 g/mol. The average Bonchev–Trinajstić information content (AvgIpc) is 2.94. The molecule has 2 aliphatic heterocycles. The van der Waals surface area contributed by atoms with Crippen LogP contribution < -0.4 is 4.74 Å². The number of nitrogens with zero attached hydrogens (tertiary/aromatic N) is 1. The number of carbonyl (C=O) groups is 2. The molecule has 1 aromatic rings. The van der Waals surface area contributed by atoms with Crippen molar-refractivity contribution in [3.8, 4) is 5.75 Å². The molecule has 1 saturated heterocycles. The number of hydrogen-bond donors (Lipinski definition) is 1. The van der Waals surface area contributed by atoms with Crippen molar-refractivity contribution in [2.45, 2.75) is 19.3 Å². The number of hydrogen-bond acceptors (Lipinski definition) is 3. The van der Waals surface area contributed by atoms with Crippen molar-refractivity contribution in [1.29, 1.82) is 0 Å². The van der Waals surface area contributed by atoms with E-state index in [9.17, 15) is 9.59 Å². The Morgan fingerprint density at radius 1 is 1.35 bits per heavy atom. The number of ether oxygens (including phenoxy) is 1. The van der Waals surface area contributed by atoms with Gasteiger partial charge in [0, 0.05) is 25.1 Å². The fraction of sp³-hybridized carbons (Fsp3) is 0.467. The maximum Gasteiger partial charge on any atom is 0.308 e. The second kappa shape index (κ2) is 5.15. The van der Waals surface area contributed by atoms with Gasteiger partial charge in [0.2, 0.25) is 0 Å². The van der Waals surface area contributed by atoms with Crippen molar-refractivity contribution in [3.63, 3.8) is 0 Å². The summed E-state index contributed by atoms with van der Waals surface area (Å²) in [4.78, 5) is 25.2. The van der Waals surface area contributed by atoms with Gasteiger partial charge < -0.3 is 14.7 Å². The first-order valence-electron chi connectivity index (χ1n) is 6.93. The Labute approximate surface area is 117 Å². The Kier molecular flexibility index (Phi) is 3.34. The van der Waals surface area contributed by atoms with E-state index in [0.717, 1.165) is 24.2 Å². The van der Waals surface area contributed by atoms with Gasteiger partial charge in [0.25, 0.3) is 5.91 Å². The maximum atomic E-state index is 12.5. The van der Waals surface area contributed by atoms with E-state index < -0.39 is 11.9 Å². The summed E-state index contributed by atoms with van der Waals surface area (Å²) in [6, 6.07) is 5.46. The number of likely N-dealkylation sites (tertiary alicyclic amines) is 1. The van der Waals surface area contributed by atoms with E-state index in [1.54, 1.807) is 11.0 Å². The first-order valence-corrected chi connectivity index (χ1v) is 6.93. The Morgan fingerprint density at radius 3 is 3.00 bits per heavy atom. The average molecular weight is 275 g/mol. The van der Waals surface area contributed by atoms with Crippen molar-refractivity contribution < 1.29 is 19.4 Å². The maximum absolute atomic E-state index is 12.5. The van der Waals surface area contributed by atoms with Gasteiger partial charge in [0.1, 0.15) is 5.75 Å². The van der Waals surface area contributed by atoms with Crippen LogP contribution >= 0.6 is 0 Å². The van der Waals surface area contributed by atoms with E-state index in [-0.39, 0.29) is 5.91 Å². The molecule has 0 aromatic heterocycles. The molecule has 1 aromatic carbocycles. The molecule has 5 nitrogen and oxygen atoms in total. The third-order valence-electron chi connectivity index (χ3n) is 3.99. The van der Waals surface area contributed by atoms with Crippen LogP contribution in [0.4, 0.5) is 0 Å². The molecule has 0 spiro atoms. The minimum atomic E-state index is -0.815. The van der Waals surface area contributed by atoms with Crippen LogP contribution in [0.25, 0.3) is 0 Å². The van der Waals surface area contributed by atoms with Crippen molar-refractivity contribution >= 4 is 11.9 Å². The number of carboxylic acid groups (broad SMARTS) is 1. The van der Waals surface area contributed by atoms with Crippen LogP contribution in [0.5, 0.6) is 5.75 Å². The lowest BCUT2D eigenvalue weighted by Gasteiger charge is -2.30. The van der Waals surface area contributed by atoms with Gasteiger partial charge in [-0.05, 0) is 36.6 Å². The van der Waals surface area contributed by atoms with Crippen LogP contribution in [0.2, 0.25) is 0 Å². The smallest absolute Gasteiger partial charge is 0.308 e. The molecule has 5 heteroatoms. The topological polar surface area (TPSA) is 66.8 Å². The quantitative estimate of drug-likeness (QED) is 0.889. The molecule has 2 aliphatic rings. The predicted octanol–water partition coefficient (Wildman–Crippen LogP) is 1.56. The second-order valence-electron chi connectivity index (χ2n) is 5.35. The molecule has 106 valence electrons. The lowest BCUT2D eigenvalue weighted by atomic mass is 9.97. The first kappa shape index (κ1) is 13.0. The molecular formula is C15H17NO4. The molecule has 1 atom stereocenters. The van der Waals surface area contributed by atoms with Crippen LogP contribution in [0.15, 0.2) is 18.2 Å². The van der Waals surface area contributed by atoms with E-state index in [1.165, 1.54) is 0 Å². The number of benzene rings is 1. The van der Waals surface area contributed by atoms with Gasteiger partial charge >= 0.3 is 5.97 Å². The highest BCUT2D eigenvalue weighted by atomic mass is 16.5. The number of aliphatic carboxylic acids is 1. The Morgan fingerprint density at radius 2 is 2.20 bits per heavy atom. The molecule has 1 fully saturated rings. The van der Waals surface area contributed by atoms with Gasteiger partial charge in [0.15, 0.2) is 0 Å². The number of carboxylic acids is 1. The zero-order valence-electron chi connectivity index (χ0n) is 11.2. The lowest BCUT2D eigenvalue weighted by Crippen LogP contribution is -2.42. The molecule has 20 heavy (non-hydrogen) atoms. The molecule has 1 N–H and O–H groups in total. The summed E-state index contributed by atoms with van der Waals surface area (Å²) >= 11 is 0. The molecule has 3 rings (SSSR count). The SMILES string of the molecule is O=C(O)[C@@H]1CCCN(C(=O)c2ccc3c(c2)CCO3)C1. The zero-order valence-corrected chi connectivity index (χ0v) is 11.2. The van der Waals surface area contributed by atoms with Gasteiger partial charge in [-0.2, -0.15) is 0 Å². The fourth-order valence-corrected chi connectivity index (χ4v) is 2.87. The van der Waals surface area contributed by atoms with Crippen molar-refractivity contribution in [2.75, 3.05) is 19.7 Å². The van der Waals surface area contributed by atoms with Crippen LogP contribution in [0, 0.1) is 5.92 Å². The third kappa shape index (κ3) is 2.35. The summed E-state index contributed by atoms with van der Waals surface area (Å²) in [7, 11) is 0. The monoisotopic (exact) mass is 275 g/mol. The Hall–Kier alpha value is -2.04. The Balaban J connectivity index is 1.76. The fourth-order valence-electron chi connectivity index (χ4n) is 2.87. The summed E-state index contributed by atoms with van der Waals surface area (Å²) in [5.74, 6) is -0.482. The molecule has 0 saturated carbocycles. The normalized spacial score (nSPS) is 21.2. The van der Waals surface area contributed by atoms with Crippen LogP contribution in [0.3, 0.4) is 0 Å². The summed E-state index contributed by atoms with van der Waals surface area (Å²) in [6.07, 6.45) is 2.22. The third-order valence-corrected chi connectivity index (χ3v) is 3.99. The minimum Gasteiger partial charge on any atom is -0.493 e. The van der Waals surface area contributed by atoms with E-state index in [1.807, 2.05) is 12.1 Å². The van der Waals surface area contributed by atoms with Gasteiger partial charge in [-0.1, -0.05) is 0 Å². The molecule has 0 aliphatic carbocycles. The van der Waals surface area contributed by atoms with Gasteiger partial charge in [-0.25, -0.2) is 0 Å². The predicted molar refractivity (Wildman–Crippen MR) is 71.9 cm³/mol. The van der Waals surface area contributed by atoms with Crippen LogP contribution in [-0.4, -0.2) is 41.6 Å². The second-order valence-corrected chi connectivity index (χ2v) is 5.35. The largest absolute Gasteiger partial charge is 0.493 e. The molecule has 2 heterocycles. The van der Waals surface area contributed by atoms with E-state index >= 15 is 0 Å². The van der Waals surface area contributed by atoms with E-state index in [2.05, 4.69) is 0 Å². The number of rotatable bonds is 2. The highest BCUT2D eigenvalue weighted by Gasteiger charge is 2.29. The summed E-state index contributed by atoms with van der Waals surface area (Å²) in [6.45, 7) is 1.61. The van der Waals surface area contributed by atoms with Gasteiger partial charge in [-0.3, -0.25) is 9.59 Å². The summed E-state index contributed by atoms with van der Waals surface area (Å²) < 4.78 is 5.42. The minimum absolute atomic E-state index is 0.0781. The molecule has 0 unspecified atom stereocenters. The highest BCUT2D eigenvalue weighted by Crippen LogP contribution is 2.27. The van der Waals surface area contributed by atoms with Crippen molar-refractivity contribution in [3.05, 3.63) is 29.3 Å². The first-order chi connectivity index (χ1) is 9.65. The standard InChI is InChI=1S/C15H17NO4/c17-14(16-6-1-2-12(9-16)15(18)19)11-3-4-13-10(8-11)5-7-20-13/h3-4,8,12H,1-2,5-7,9H2,(H,18,19)/t12-/m1/s1. The number of amides is 1. The van der Waals surface area contributed by atoms with E-state index in [0.29, 0.717) is 31.7 Å². The summed E-state index contributed by atoms with van der Waals surface area (Å²) in [5.41, 5.74) is 1.68. The molecule has 0 bridgehead atoms. The van der Waals surface area contributed by atoms with Crippen LogP contribution in [0.1, 0.15) is 28.8 Å². The van der Waals surface area contributed by atoms with Crippen molar-refractivity contribution in [2.24, 2.45) is 5.92 Å². The van der Waals surface area contributed by atoms with Gasteiger partial charge in [-0.15, -0.1) is 0 Å². The number of fused-ring (bicyclic) bond motifs is 1. The lowest BCUT2D eigenvalue weighted by molar-refractivity contribution is -0.143. The zero-order chi connectivity index (χ0) is 14.1. The molecule has 1 amide bonds. The van der Waals surface area contributed by atoms with Crippen molar-refractivity contribution in [1.82, 2.24) is 4.90 Å². The molecule has 0 radical (unpaired) electrons. The summed E-state index contributed by atoms with van der Waals surface area (Å²) in [5, 5.41) is 9.08. The van der Waals surface area contributed by atoms with Gasteiger partial charge in [0.05, 0.1) is 12.5 Å². The number of piperidine rings is 1. The highest BCUT2D eigenvalue weighted by molar-refractivity contribution is 5.95.